The van der Waals surface area contributed by atoms with Gasteiger partial charge in [-0.05, 0) is 61.7 Å². The summed E-state index contributed by atoms with van der Waals surface area (Å²) >= 11 is 0. The SMILES string of the molecule is CS(=O)(=O)Nc1ccc2[nH]c3c(c2c1)CC(CCOc1ccccc1)NC31CCNC1. The Balaban J connectivity index is 1.43. The maximum atomic E-state index is 11.7. The van der Waals surface area contributed by atoms with Gasteiger partial charge in [-0.15, -0.1) is 0 Å². The van der Waals surface area contributed by atoms with Gasteiger partial charge in [0, 0.05) is 34.9 Å². The summed E-state index contributed by atoms with van der Waals surface area (Å²) < 4.78 is 32.0. The molecule has 164 valence electrons. The van der Waals surface area contributed by atoms with Crippen molar-refractivity contribution in [2.75, 3.05) is 30.7 Å². The average molecular weight is 441 g/mol. The van der Waals surface area contributed by atoms with Gasteiger partial charge in [-0.2, -0.15) is 0 Å². The van der Waals surface area contributed by atoms with E-state index in [1.807, 2.05) is 48.5 Å². The highest BCUT2D eigenvalue weighted by Gasteiger charge is 2.44. The van der Waals surface area contributed by atoms with Crippen LogP contribution < -0.4 is 20.1 Å². The van der Waals surface area contributed by atoms with Gasteiger partial charge in [0.25, 0.3) is 0 Å². The molecule has 8 heteroatoms. The number of rotatable bonds is 6. The summed E-state index contributed by atoms with van der Waals surface area (Å²) in [6.45, 7) is 2.48. The molecule has 1 saturated heterocycles. The molecule has 1 fully saturated rings. The van der Waals surface area contributed by atoms with Crippen LogP contribution in [0.5, 0.6) is 5.75 Å². The Morgan fingerprint density at radius 1 is 1.19 bits per heavy atom. The number of aromatic nitrogens is 1. The normalized spacial score (nSPS) is 23.2. The molecule has 3 aromatic rings. The zero-order chi connectivity index (χ0) is 21.5. The van der Waals surface area contributed by atoms with Crippen LogP contribution in [0, 0.1) is 0 Å². The predicted molar refractivity (Wildman–Crippen MR) is 123 cm³/mol. The summed E-state index contributed by atoms with van der Waals surface area (Å²) in [6.07, 6.45) is 3.95. The lowest BCUT2D eigenvalue weighted by atomic mass is 9.82. The highest BCUT2D eigenvalue weighted by molar-refractivity contribution is 7.92. The molecule has 2 unspecified atom stereocenters. The fourth-order valence-electron chi connectivity index (χ4n) is 4.94. The first kappa shape index (κ1) is 20.4. The Morgan fingerprint density at radius 3 is 2.77 bits per heavy atom. The number of hydrogen-bond acceptors (Lipinski definition) is 5. The summed E-state index contributed by atoms with van der Waals surface area (Å²) in [7, 11) is -3.32. The van der Waals surface area contributed by atoms with E-state index in [1.165, 1.54) is 17.5 Å². The molecule has 0 bridgehead atoms. The molecular weight excluding hydrogens is 412 g/mol. The maximum Gasteiger partial charge on any atom is 0.229 e. The van der Waals surface area contributed by atoms with Crippen LogP contribution in [0.1, 0.15) is 24.1 Å². The fraction of sp³-hybridized carbons (Fsp3) is 0.391. The largest absolute Gasteiger partial charge is 0.494 e. The van der Waals surface area contributed by atoms with Gasteiger partial charge in [0.2, 0.25) is 10.0 Å². The van der Waals surface area contributed by atoms with E-state index in [9.17, 15) is 8.42 Å². The number of fused-ring (bicyclic) bond motifs is 4. The van der Waals surface area contributed by atoms with Gasteiger partial charge in [0.1, 0.15) is 5.75 Å². The van der Waals surface area contributed by atoms with Crippen LogP contribution in [0.2, 0.25) is 0 Å². The Bertz CT molecular complexity index is 1180. The molecule has 7 nitrogen and oxygen atoms in total. The number of anilines is 1. The molecule has 0 aliphatic carbocycles. The zero-order valence-corrected chi connectivity index (χ0v) is 18.4. The minimum absolute atomic E-state index is 0.131. The lowest BCUT2D eigenvalue weighted by molar-refractivity contribution is 0.231. The van der Waals surface area contributed by atoms with Gasteiger partial charge in [0.05, 0.1) is 18.4 Å². The number of aromatic amines is 1. The monoisotopic (exact) mass is 440 g/mol. The molecule has 31 heavy (non-hydrogen) atoms. The first-order valence-corrected chi connectivity index (χ1v) is 12.6. The molecule has 2 atom stereocenters. The standard InChI is InChI=1S/C23H28N4O3S/c1-31(28,29)27-17-7-8-21-19(14-17)20-13-16(9-12-30-18-5-3-2-4-6-18)26-23(22(20)25-21)10-11-24-15-23/h2-8,14,16,24-27H,9-13,15H2,1H3. The van der Waals surface area contributed by atoms with E-state index in [2.05, 4.69) is 20.3 Å². The molecular formula is C23H28N4O3S. The average Bonchev–Trinajstić information content (AvgIpc) is 3.33. The molecule has 3 heterocycles. The summed E-state index contributed by atoms with van der Waals surface area (Å²) in [5.41, 5.74) is 4.01. The van der Waals surface area contributed by atoms with E-state index in [-0.39, 0.29) is 11.6 Å². The first-order valence-electron chi connectivity index (χ1n) is 10.7. The third-order valence-corrected chi connectivity index (χ3v) is 6.86. The van der Waals surface area contributed by atoms with Gasteiger partial charge in [-0.3, -0.25) is 4.72 Å². The van der Waals surface area contributed by atoms with Gasteiger partial charge >= 0.3 is 0 Å². The van der Waals surface area contributed by atoms with E-state index in [0.29, 0.717) is 12.3 Å². The molecule has 0 amide bonds. The minimum atomic E-state index is -3.32. The van der Waals surface area contributed by atoms with Crippen molar-refractivity contribution in [2.24, 2.45) is 0 Å². The predicted octanol–water partition coefficient (Wildman–Crippen LogP) is 2.71. The van der Waals surface area contributed by atoms with E-state index in [0.717, 1.165) is 49.0 Å². The smallest absolute Gasteiger partial charge is 0.229 e. The topological polar surface area (TPSA) is 95.2 Å². The third-order valence-electron chi connectivity index (χ3n) is 6.25. The number of ether oxygens (including phenoxy) is 1. The molecule has 0 radical (unpaired) electrons. The van der Waals surface area contributed by atoms with Crippen LogP contribution in [0.15, 0.2) is 48.5 Å². The Kier molecular flexibility index (Phi) is 5.16. The van der Waals surface area contributed by atoms with Crippen molar-refractivity contribution >= 4 is 26.6 Å². The van der Waals surface area contributed by atoms with Gasteiger partial charge < -0.3 is 20.4 Å². The number of H-pyrrole nitrogens is 1. The Labute approximate surface area is 182 Å². The van der Waals surface area contributed by atoms with Crippen molar-refractivity contribution in [3.05, 3.63) is 59.8 Å². The number of sulfonamides is 1. The van der Waals surface area contributed by atoms with Crippen LogP contribution >= 0.6 is 0 Å². The third kappa shape index (κ3) is 4.15. The zero-order valence-electron chi connectivity index (χ0n) is 17.6. The highest BCUT2D eigenvalue weighted by atomic mass is 32.2. The van der Waals surface area contributed by atoms with Crippen molar-refractivity contribution in [2.45, 2.75) is 30.8 Å². The van der Waals surface area contributed by atoms with Crippen molar-refractivity contribution in [1.29, 1.82) is 0 Å². The lowest BCUT2D eigenvalue weighted by Gasteiger charge is -2.39. The van der Waals surface area contributed by atoms with Crippen molar-refractivity contribution in [3.63, 3.8) is 0 Å². The number of para-hydroxylation sites is 1. The van der Waals surface area contributed by atoms with Crippen LogP contribution in [0.4, 0.5) is 5.69 Å². The first-order chi connectivity index (χ1) is 14.9. The molecule has 2 aliphatic rings. The summed E-state index contributed by atoms with van der Waals surface area (Å²) in [5.74, 6) is 0.889. The van der Waals surface area contributed by atoms with Crippen molar-refractivity contribution < 1.29 is 13.2 Å². The van der Waals surface area contributed by atoms with E-state index < -0.39 is 10.0 Å². The lowest BCUT2D eigenvalue weighted by Crippen LogP contribution is -2.54. The number of hydrogen-bond donors (Lipinski definition) is 4. The van der Waals surface area contributed by atoms with E-state index in [1.54, 1.807) is 0 Å². The second kappa shape index (κ2) is 7.85. The molecule has 1 aromatic heterocycles. The molecule has 2 aromatic carbocycles. The van der Waals surface area contributed by atoms with Crippen LogP contribution in [-0.4, -0.2) is 45.4 Å². The Hall–Kier alpha value is -2.55. The summed E-state index contributed by atoms with van der Waals surface area (Å²) in [6, 6.07) is 15.9. The second-order valence-corrected chi connectivity index (χ2v) is 10.4. The van der Waals surface area contributed by atoms with Gasteiger partial charge in [-0.25, -0.2) is 8.42 Å². The van der Waals surface area contributed by atoms with Crippen LogP contribution in [-0.2, 0) is 22.0 Å². The minimum Gasteiger partial charge on any atom is -0.494 e. The van der Waals surface area contributed by atoms with E-state index in [4.69, 9.17) is 4.74 Å². The molecule has 1 spiro atoms. The molecule has 2 aliphatic heterocycles. The maximum absolute atomic E-state index is 11.7. The Morgan fingerprint density at radius 2 is 2.03 bits per heavy atom. The molecule has 5 rings (SSSR count). The van der Waals surface area contributed by atoms with Crippen molar-refractivity contribution in [3.8, 4) is 5.75 Å². The van der Waals surface area contributed by atoms with Crippen LogP contribution in [0.3, 0.4) is 0 Å². The van der Waals surface area contributed by atoms with Gasteiger partial charge in [-0.1, -0.05) is 18.2 Å². The van der Waals surface area contributed by atoms with Crippen LogP contribution in [0.25, 0.3) is 10.9 Å². The van der Waals surface area contributed by atoms with E-state index >= 15 is 0 Å². The van der Waals surface area contributed by atoms with Crippen molar-refractivity contribution in [1.82, 2.24) is 15.6 Å². The molecule has 0 saturated carbocycles. The van der Waals surface area contributed by atoms with Gasteiger partial charge in [0.15, 0.2) is 0 Å². The number of benzene rings is 2. The molecule has 4 N–H and O–H groups in total. The highest BCUT2D eigenvalue weighted by Crippen LogP contribution is 2.40. The quantitative estimate of drug-likeness (QED) is 0.473. The fourth-order valence-corrected chi connectivity index (χ4v) is 5.50. The number of nitrogens with one attached hydrogen (secondary N) is 4. The second-order valence-electron chi connectivity index (χ2n) is 8.62. The summed E-state index contributed by atoms with van der Waals surface area (Å²) in [4.78, 5) is 3.63. The summed E-state index contributed by atoms with van der Waals surface area (Å²) in [5, 5.41) is 8.50.